The zero-order valence-electron chi connectivity index (χ0n) is 17.9. The molecule has 0 radical (unpaired) electrons. The van der Waals surface area contributed by atoms with E-state index in [1.165, 1.54) is 18.6 Å². The van der Waals surface area contributed by atoms with Gasteiger partial charge in [-0.1, -0.05) is 38.1 Å². The molecule has 1 N–H and O–H groups in total. The fraction of sp³-hybridized carbons (Fsp3) is 0.348. The summed E-state index contributed by atoms with van der Waals surface area (Å²) >= 11 is 0. The standard InChI is InChI=1S/C23H27NO6/c1-6-28-22(26)19-15(5)30-21(20(19)23(27)29-7-2)24-18(25)13-10-16-8-11-17(12-9-16)14(3)4/h8-14H,6-7H2,1-5H3,(H,24,25)/b13-10+. The van der Waals surface area contributed by atoms with E-state index < -0.39 is 17.8 Å². The molecule has 0 fully saturated rings. The molecule has 0 atom stereocenters. The van der Waals surface area contributed by atoms with Crippen molar-refractivity contribution in [2.45, 2.75) is 40.5 Å². The van der Waals surface area contributed by atoms with Gasteiger partial charge in [-0.3, -0.25) is 10.1 Å². The monoisotopic (exact) mass is 413 g/mol. The van der Waals surface area contributed by atoms with Crippen molar-refractivity contribution in [1.82, 2.24) is 0 Å². The number of carbonyl (C=O) groups excluding carboxylic acids is 3. The number of amides is 1. The summed E-state index contributed by atoms with van der Waals surface area (Å²) in [4.78, 5) is 37.0. The number of nitrogens with one attached hydrogen (secondary N) is 1. The van der Waals surface area contributed by atoms with Crippen molar-refractivity contribution < 1.29 is 28.3 Å². The number of hydrogen-bond acceptors (Lipinski definition) is 6. The Kier molecular flexibility index (Phi) is 7.98. The molecular formula is C23H27NO6. The van der Waals surface area contributed by atoms with Crippen molar-refractivity contribution in [3.8, 4) is 0 Å². The molecule has 0 aliphatic carbocycles. The number of esters is 2. The van der Waals surface area contributed by atoms with E-state index in [0.717, 1.165) is 5.56 Å². The van der Waals surface area contributed by atoms with Crippen LogP contribution in [0.4, 0.5) is 5.88 Å². The predicted octanol–water partition coefficient (Wildman–Crippen LogP) is 4.72. The minimum atomic E-state index is -0.777. The second-order valence-corrected chi connectivity index (χ2v) is 6.82. The fourth-order valence-electron chi connectivity index (χ4n) is 2.80. The lowest BCUT2D eigenvalue weighted by atomic mass is 10.0. The summed E-state index contributed by atoms with van der Waals surface area (Å²) < 4.78 is 15.5. The van der Waals surface area contributed by atoms with Gasteiger partial charge in [-0.25, -0.2) is 9.59 Å². The lowest BCUT2D eigenvalue weighted by Crippen LogP contribution is -2.16. The molecule has 7 nitrogen and oxygen atoms in total. The summed E-state index contributed by atoms with van der Waals surface area (Å²) in [6.07, 6.45) is 2.97. The minimum Gasteiger partial charge on any atom is -0.462 e. The van der Waals surface area contributed by atoms with Crippen LogP contribution in [0.1, 0.15) is 71.2 Å². The minimum absolute atomic E-state index is 0.0566. The second-order valence-electron chi connectivity index (χ2n) is 6.82. The second kappa shape index (κ2) is 10.4. The van der Waals surface area contributed by atoms with Crippen LogP contribution >= 0.6 is 0 Å². The van der Waals surface area contributed by atoms with E-state index in [4.69, 9.17) is 13.9 Å². The number of furan rings is 1. The van der Waals surface area contributed by atoms with E-state index in [1.807, 2.05) is 24.3 Å². The summed E-state index contributed by atoms with van der Waals surface area (Å²) in [7, 11) is 0. The molecule has 7 heteroatoms. The van der Waals surface area contributed by atoms with E-state index in [1.54, 1.807) is 19.9 Å². The lowest BCUT2D eigenvalue weighted by Gasteiger charge is -2.06. The molecule has 0 aliphatic heterocycles. The molecule has 1 aromatic carbocycles. The highest BCUT2D eigenvalue weighted by atomic mass is 16.5. The molecule has 0 saturated heterocycles. The number of benzene rings is 1. The number of ether oxygens (including phenoxy) is 2. The largest absolute Gasteiger partial charge is 0.462 e. The van der Waals surface area contributed by atoms with E-state index in [9.17, 15) is 14.4 Å². The molecule has 0 aliphatic rings. The highest BCUT2D eigenvalue weighted by molar-refractivity contribution is 6.10. The van der Waals surface area contributed by atoms with Crippen molar-refractivity contribution in [1.29, 1.82) is 0 Å². The topological polar surface area (TPSA) is 94.8 Å². The first-order valence-electron chi connectivity index (χ1n) is 9.85. The summed E-state index contributed by atoms with van der Waals surface area (Å²) in [5.74, 6) is -1.59. The van der Waals surface area contributed by atoms with Crippen LogP contribution in [0.3, 0.4) is 0 Å². The molecule has 0 saturated carbocycles. The van der Waals surface area contributed by atoms with Crippen molar-refractivity contribution >= 4 is 29.8 Å². The van der Waals surface area contributed by atoms with Gasteiger partial charge in [0.2, 0.25) is 5.88 Å². The molecule has 1 aromatic heterocycles. The number of carbonyl (C=O) groups is 3. The molecule has 2 aromatic rings. The molecule has 0 bridgehead atoms. The summed E-state index contributed by atoms with van der Waals surface area (Å²) in [5.41, 5.74) is 1.84. The van der Waals surface area contributed by atoms with Gasteiger partial charge in [-0.15, -0.1) is 0 Å². The van der Waals surface area contributed by atoms with Crippen LogP contribution in [0.15, 0.2) is 34.8 Å². The smallest absolute Gasteiger partial charge is 0.344 e. The molecule has 1 amide bonds. The molecule has 160 valence electrons. The molecular weight excluding hydrogens is 386 g/mol. The van der Waals surface area contributed by atoms with Gasteiger partial charge >= 0.3 is 11.9 Å². The quantitative estimate of drug-likeness (QED) is 0.497. The number of anilines is 1. The van der Waals surface area contributed by atoms with Crippen LogP contribution in [0.2, 0.25) is 0 Å². The van der Waals surface area contributed by atoms with Crippen LogP contribution in [0, 0.1) is 6.92 Å². The normalized spacial score (nSPS) is 11.0. The Bertz CT molecular complexity index is 937. The summed E-state index contributed by atoms with van der Waals surface area (Å²) in [5, 5.41) is 2.51. The van der Waals surface area contributed by atoms with Gasteiger partial charge in [0, 0.05) is 6.08 Å². The number of aryl methyl sites for hydroxylation is 1. The average molecular weight is 413 g/mol. The fourth-order valence-corrected chi connectivity index (χ4v) is 2.80. The third-order valence-corrected chi connectivity index (χ3v) is 4.31. The van der Waals surface area contributed by atoms with E-state index in [2.05, 4.69) is 19.2 Å². The van der Waals surface area contributed by atoms with Gasteiger partial charge in [0.15, 0.2) is 0 Å². The van der Waals surface area contributed by atoms with Gasteiger partial charge in [0.05, 0.1) is 13.2 Å². The Labute approximate surface area is 176 Å². The molecule has 30 heavy (non-hydrogen) atoms. The third kappa shape index (κ3) is 5.59. The van der Waals surface area contributed by atoms with Gasteiger partial charge in [0.25, 0.3) is 5.91 Å². The maximum Gasteiger partial charge on any atom is 0.344 e. The van der Waals surface area contributed by atoms with Crippen LogP contribution in [-0.4, -0.2) is 31.1 Å². The zero-order chi connectivity index (χ0) is 22.3. The Morgan fingerprint density at radius 3 is 2.10 bits per heavy atom. The van der Waals surface area contributed by atoms with Crippen molar-refractivity contribution in [3.05, 3.63) is 58.4 Å². The molecule has 0 spiro atoms. The van der Waals surface area contributed by atoms with Crippen molar-refractivity contribution in [2.24, 2.45) is 0 Å². The number of hydrogen-bond donors (Lipinski definition) is 1. The Balaban J connectivity index is 2.25. The summed E-state index contributed by atoms with van der Waals surface area (Å²) in [6, 6.07) is 7.84. The van der Waals surface area contributed by atoms with E-state index in [-0.39, 0.29) is 36.0 Å². The Morgan fingerprint density at radius 2 is 1.57 bits per heavy atom. The van der Waals surface area contributed by atoms with Gasteiger partial charge < -0.3 is 13.9 Å². The van der Waals surface area contributed by atoms with E-state index >= 15 is 0 Å². The van der Waals surface area contributed by atoms with Crippen LogP contribution < -0.4 is 5.32 Å². The summed E-state index contributed by atoms with van der Waals surface area (Å²) in [6.45, 7) is 9.25. The average Bonchev–Trinajstić information content (AvgIpc) is 3.02. The molecule has 2 rings (SSSR count). The molecule has 0 unspecified atom stereocenters. The van der Waals surface area contributed by atoms with Crippen LogP contribution in [-0.2, 0) is 14.3 Å². The highest BCUT2D eigenvalue weighted by Gasteiger charge is 2.31. The molecule has 1 heterocycles. The predicted molar refractivity (Wildman–Crippen MR) is 114 cm³/mol. The van der Waals surface area contributed by atoms with Crippen molar-refractivity contribution in [2.75, 3.05) is 18.5 Å². The van der Waals surface area contributed by atoms with E-state index in [0.29, 0.717) is 5.92 Å². The SMILES string of the molecule is CCOC(=O)c1c(C)oc(NC(=O)/C=C/c2ccc(C(C)C)cc2)c1C(=O)OCC. The van der Waals surface area contributed by atoms with Gasteiger partial charge in [-0.05, 0) is 43.9 Å². The number of rotatable bonds is 8. The zero-order valence-corrected chi connectivity index (χ0v) is 17.9. The Morgan fingerprint density at radius 1 is 1.00 bits per heavy atom. The van der Waals surface area contributed by atoms with Crippen molar-refractivity contribution in [3.63, 3.8) is 0 Å². The van der Waals surface area contributed by atoms with Gasteiger partial charge in [-0.2, -0.15) is 0 Å². The van der Waals surface area contributed by atoms with Gasteiger partial charge in [0.1, 0.15) is 16.9 Å². The third-order valence-electron chi connectivity index (χ3n) is 4.31. The first kappa shape index (κ1) is 22.9. The first-order chi connectivity index (χ1) is 14.3. The first-order valence-corrected chi connectivity index (χ1v) is 9.85. The maximum absolute atomic E-state index is 12.4. The highest BCUT2D eigenvalue weighted by Crippen LogP contribution is 2.29. The Hall–Kier alpha value is -3.35. The van der Waals surface area contributed by atoms with Crippen LogP contribution in [0.25, 0.3) is 6.08 Å². The van der Waals surface area contributed by atoms with Crippen LogP contribution in [0.5, 0.6) is 0 Å². The maximum atomic E-state index is 12.4. The lowest BCUT2D eigenvalue weighted by molar-refractivity contribution is -0.111.